The summed E-state index contributed by atoms with van der Waals surface area (Å²) in [6, 6.07) is 12.3. The molecule has 0 saturated heterocycles. The first-order chi connectivity index (χ1) is 9.94. The van der Waals surface area contributed by atoms with Crippen molar-refractivity contribution in [3.63, 3.8) is 0 Å². The highest BCUT2D eigenvalue weighted by Crippen LogP contribution is 2.31. The van der Waals surface area contributed by atoms with Crippen molar-refractivity contribution in [1.29, 1.82) is 0 Å². The number of halogens is 1. The van der Waals surface area contributed by atoms with Gasteiger partial charge >= 0.3 is 0 Å². The van der Waals surface area contributed by atoms with Gasteiger partial charge in [0.2, 0.25) is 0 Å². The first-order valence-corrected chi connectivity index (χ1v) is 7.77. The maximum atomic E-state index is 6.40. The number of rotatable bonds is 2. The third-order valence-electron chi connectivity index (χ3n) is 3.70. The molecular weight excluding hydrogens is 326 g/mol. The fraction of sp³-hybridized carbons (Fsp3) is 0.222. The molecule has 1 aromatic heterocycles. The highest BCUT2D eigenvalue weighted by molar-refractivity contribution is 9.10. The normalized spacial score (nSPS) is 12.8. The van der Waals surface area contributed by atoms with Crippen LogP contribution in [0.25, 0.3) is 11.0 Å². The molecule has 0 fully saturated rings. The number of benzene rings is 2. The van der Waals surface area contributed by atoms with Crippen LogP contribution in [-0.4, -0.2) is 0 Å². The van der Waals surface area contributed by atoms with Crippen LogP contribution in [-0.2, 0) is 0 Å². The smallest absolute Gasteiger partial charge is 0.137 e. The Hall–Kier alpha value is -1.58. The molecule has 0 radical (unpaired) electrons. The van der Waals surface area contributed by atoms with Crippen molar-refractivity contribution in [2.75, 3.05) is 0 Å². The molecular formula is C18H18BrNO. The summed E-state index contributed by atoms with van der Waals surface area (Å²) in [4.78, 5) is 0. The Morgan fingerprint density at radius 2 is 1.62 bits per heavy atom. The first kappa shape index (κ1) is 14.4. The molecule has 0 aliphatic heterocycles. The fourth-order valence-electron chi connectivity index (χ4n) is 2.81. The van der Waals surface area contributed by atoms with E-state index in [0.29, 0.717) is 0 Å². The Labute approximate surface area is 133 Å². The van der Waals surface area contributed by atoms with Gasteiger partial charge in [0.15, 0.2) is 0 Å². The Kier molecular flexibility index (Phi) is 3.64. The quantitative estimate of drug-likeness (QED) is 0.697. The second-order valence-electron chi connectivity index (χ2n) is 5.69. The zero-order valence-corrected chi connectivity index (χ0v) is 14.0. The average Bonchev–Trinajstić information content (AvgIpc) is 2.80. The lowest BCUT2D eigenvalue weighted by atomic mass is 10.0. The molecule has 0 aliphatic carbocycles. The van der Waals surface area contributed by atoms with E-state index in [2.05, 4.69) is 60.1 Å². The maximum absolute atomic E-state index is 6.40. The fourth-order valence-corrected chi connectivity index (χ4v) is 3.40. The third-order valence-corrected chi connectivity index (χ3v) is 4.15. The summed E-state index contributed by atoms with van der Waals surface area (Å²) in [5.41, 5.74) is 11.9. The Morgan fingerprint density at radius 3 is 2.29 bits per heavy atom. The molecule has 0 aliphatic rings. The Balaban J connectivity index is 2.09. The lowest BCUT2D eigenvalue weighted by Gasteiger charge is -2.11. The molecule has 3 aromatic rings. The molecule has 3 heteroatoms. The van der Waals surface area contributed by atoms with Crippen molar-refractivity contribution in [1.82, 2.24) is 0 Å². The summed E-state index contributed by atoms with van der Waals surface area (Å²) in [5.74, 6) is 0.802. The lowest BCUT2D eigenvalue weighted by Crippen LogP contribution is -2.11. The van der Waals surface area contributed by atoms with Gasteiger partial charge in [0.25, 0.3) is 0 Å². The van der Waals surface area contributed by atoms with Crippen molar-refractivity contribution in [2.24, 2.45) is 5.73 Å². The number of hydrogen-bond donors (Lipinski definition) is 1. The van der Waals surface area contributed by atoms with E-state index >= 15 is 0 Å². The van der Waals surface area contributed by atoms with E-state index in [0.717, 1.165) is 32.3 Å². The number of fused-ring (bicyclic) bond motifs is 1. The van der Waals surface area contributed by atoms with E-state index in [9.17, 15) is 0 Å². The van der Waals surface area contributed by atoms with Gasteiger partial charge in [-0.15, -0.1) is 0 Å². The zero-order chi connectivity index (χ0) is 15.1. The minimum Gasteiger partial charge on any atom is -0.459 e. The van der Waals surface area contributed by atoms with Gasteiger partial charge < -0.3 is 10.2 Å². The summed E-state index contributed by atoms with van der Waals surface area (Å²) in [6.45, 7) is 6.22. The van der Waals surface area contributed by atoms with Gasteiger partial charge in [-0.2, -0.15) is 0 Å². The summed E-state index contributed by atoms with van der Waals surface area (Å²) in [7, 11) is 0. The largest absolute Gasteiger partial charge is 0.459 e. The van der Waals surface area contributed by atoms with Crippen molar-refractivity contribution in [3.05, 3.63) is 68.9 Å². The molecule has 1 heterocycles. The summed E-state index contributed by atoms with van der Waals surface area (Å²) < 4.78 is 7.06. The van der Waals surface area contributed by atoms with Gasteiger partial charge in [0.1, 0.15) is 11.3 Å². The highest BCUT2D eigenvalue weighted by atomic mass is 79.9. The van der Waals surface area contributed by atoms with Crippen molar-refractivity contribution in [2.45, 2.75) is 26.8 Å². The molecule has 21 heavy (non-hydrogen) atoms. The molecule has 0 saturated carbocycles. The van der Waals surface area contributed by atoms with E-state index in [1.54, 1.807) is 0 Å². The Bertz CT molecular complexity index is 799. The minimum absolute atomic E-state index is 0.242. The predicted octanol–water partition coefficient (Wildman–Crippen LogP) is 5.17. The lowest BCUT2D eigenvalue weighted by molar-refractivity contribution is 0.523. The van der Waals surface area contributed by atoms with Gasteiger partial charge in [-0.3, -0.25) is 0 Å². The van der Waals surface area contributed by atoms with E-state index in [4.69, 9.17) is 10.2 Å². The van der Waals surface area contributed by atoms with E-state index < -0.39 is 0 Å². The molecule has 0 bridgehead atoms. The van der Waals surface area contributed by atoms with Crippen LogP contribution in [0.1, 0.15) is 34.1 Å². The van der Waals surface area contributed by atoms with Gasteiger partial charge in [0.05, 0.1) is 6.04 Å². The molecule has 2 nitrogen and oxygen atoms in total. The highest BCUT2D eigenvalue weighted by Gasteiger charge is 2.16. The van der Waals surface area contributed by atoms with Crippen LogP contribution < -0.4 is 5.73 Å². The van der Waals surface area contributed by atoms with Crippen LogP contribution in [0.2, 0.25) is 0 Å². The number of nitrogens with two attached hydrogens (primary N) is 1. The summed E-state index contributed by atoms with van der Waals surface area (Å²) in [6.07, 6.45) is 0. The van der Waals surface area contributed by atoms with Crippen LogP contribution in [0.15, 0.2) is 45.3 Å². The molecule has 0 spiro atoms. The van der Waals surface area contributed by atoms with Crippen molar-refractivity contribution < 1.29 is 4.42 Å². The molecule has 108 valence electrons. The van der Waals surface area contributed by atoms with E-state index in [1.807, 2.05) is 13.0 Å². The van der Waals surface area contributed by atoms with Crippen LogP contribution in [0.5, 0.6) is 0 Å². The first-order valence-electron chi connectivity index (χ1n) is 6.97. The van der Waals surface area contributed by atoms with Gasteiger partial charge in [-0.25, -0.2) is 0 Å². The van der Waals surface area contributed by atoms with E-state index in [-0.39, 0.29) is 6.04 Å². The average molecular weight is 344 g/mol. The number of aryl methyl sites for hydroxylation is 3. The topological polar surface area (TPSA) is 39.2 Å². The van der Waals surface area contributed by atoms with Crippen LogP contribution >= 0.6 is 15.9 Å². The van der Waals surface area contributed by atoms with Crippen LogP contribution in [0, 0.1) is 20.8 Å². The van der Waals surface area contributed by atoms with Crippen LogP contribution in [0.3, 0.4) is 0 Å². The molecule has 3 rings (SSSR count). The second-order valence-corrected chi connectivity index (χ2v) is 6.60. The molecule has 2 N–H and O–H groups in total. The molecule has 0 amide bonds. The standard InChI is InChI=1S/C18H18BrNO/c1-10-4-11(2)6-13(5-10)17(20)16-9-14-8-15(19)7-12(3)18(14)21-16/h4-9,17H,20H2,1-3H3. The second kappa shape index (κ2) is 5.32. The zero-order valence-electron chi connectivity index (χ0n) is 12.4. The minimum atomic E-state index is -0.242. The molecule has 1 atom stereocenters. The van der Waals surface area contributed by atoms with Gasteiger partial charge in [-0.05, 0) is 50.1 Å². The molecule has 2 aromatic carbocycles. The van der Waals surface area contributed by atoms with Gasteiger partial charge in [0, 0.05) is 9.86 Å². The van der Waals surface area contributed by atoms with E-state index in [1.165, 1.54) is 11.1 Å². The predicted molar refractivity (Wildman–Crippen MR) is 90.6 cm³/mol. The van der Waals surface area contributed by atoms with Crippen molar-refractivity contribution >= 4 is 26.9 Å². The maximum Gasteiger partial charge on any atom is 0.137 e. The third kappa shape index (κ3) is 2.76. The number of furan rings is 1. The Morgan fingerprint density at radius 1 is 0.952 bits per heavy atom. The summed E-state index contributed by atoms with van der Waals surface area (Å²) >= 11 is 3.52. The SMILES string of the molecule is Cc1cc(C)cc(C(N)c2cc3cc(Br)cc(C)c3o2)c1. The number of hydrogen-bond acceptors (Lipinski definition) is 2. The van der Waals surface area contributed by atoms with Crippen molar-refractivity contribution in [3.8, 4) is 0 Å². The monoisotopic (exact) mass is 343 g/mol. The summed E-state index contributed by atoms with van der Waals surface area (Å²) in [5, 5.41) is 1.08. The molecule has 1 unspecified atom stereocenters. The van der Waals surface area contributed by atoms with Gasteiger partial charge in [-0.1, -0.05) is 45.3 Å². The van der Waals surface area contributed by atoms with Crippen LogP contribution in [0.4, 0.5) is 0 Å².